The van der Waals surface area contributed by atoms with Crippen LogP contribution in [0.25, 0.3) is 0 Å². The topological polar surface area (TPSA) is 107 Å². The molecule has 1 aliphatic rings. The number of aromatic nitrogens is 2. The first-order valence-electron chi connectivity index (χ1n) is 11.9. The fraction of sp³-hybridized carbons (Fsp3) is 0.308. The van der Waals surface area contributed by atoms with E-state index >= 15 is 0 Å². The van der Waals surface area contributed by atoms with Crippen LogP contribution in [0.5, 0.6) is 0 Å². The summed E-state index contributed by atoms with van der Waals surface area (Å²) < 4.78 is 13.2. The molecule has 0 unspecified atom stereocenters. The molecule has 0 radical (unpaired) electrons. The number of anilines is 2. The van der Waals surface area contributed by atoms with E-state index in [-0.39, 0.29) is 27.8 Å². The van der Waals surface area contributed by atoms with E-state index in [0.717, 1.165) is 38.2 Å². The Balaban J connectivity index is 1.31. The van der Waals surface area contributed by atoms with Gasteiger partial charge in [-0.2, -0.15) is 0 Å². The number of H-pyrrole nitrogens is 1. The standard InChI is InChI=1S/C26H27ClFN5O3/c27-21-15-17(28)6-11-20(21)25(35)31-18-7-9-19(10-8-18)32-26(36)24-23(29-16-30-24)22(34)5-4-14-33-12-2-1-3-13-33/h6-11,15-16H,1-5,12-14H2,(H,29,30)(H,31,35)(H,32,36). The summed E-state index contributed by atoms with van der Waals surface area (Å²) in [6.07, 6.45) is 6.06. The van der Waals surface area contributed by atoms with Crippen LogP contribution in [0.2, 0.25) is 5.02 Å². The van der Waals surface area contributed by atoms with Crippen molar-refractivity contribution in [3.05, 3.63) is 76.6 Å². The quantitative estimate of drug-likeness (QED) is 0.344. The number of rotatable bonds is 9. The molecule has 1 aromatic heterocycles. The number of benzene rings is 2. The zero-order valence-corrected chi connectivity index (χ0v) is 20.4. The van der Waals surface area contributed by atoms with Crippen molar-refractivity contribution in [3.8, 4) is 0 Å². The highest BCUT2D eigenvalue weighted by Gasteiger charge is 2.21. The van der Waals surface area contributed by atoms with Crippen molar-refractivity contribution in [3.63, 3.8) is 0 Å². The summed E-state index contributed by atoms with van der Waals surface area (Å²) in [6.45, 7) is 3.02. The number of carbonyl (C=O) groups excluding carboxylic acids is 3. The first kappa shape index (κ1) is 25.5. The number of hydrogen-bond donors (Lipinski definition) is 3. The molecule has 8 nitrogen and oxygen atoms in total. The Bertz CT molecular complexity index is 1240. The van der Waals surface area contributed by atoms with Gasteiger partial charge in [-0.05, 0) is 81.4 Å². The van der Waals surface area contributed by atoms with Crippen LogP contribution in [-0.2, 0) is 0 Å². The van der Waals surface area contributed by atoms with Gasteiger partial charge in [0.2, 0.25) is 0 Å². The van der Waals surface area contributed by atoms with Crippen molar-refractivity contribution in [2.75, 3.05) is 30.3 Å². The van der Waals surface area contributed by atoms with Gasteiger partial charge in [-0.3, -0.25) is 14.4 Å². The summed E-state index contributed by atoms with van der Waals surface area (Å²) in [4.78, 5) is 47.1. The number of amides is 2. The molecule has 3 aromatic rings. The van der Waals surface area contributed by atoms with E-state index in [2.05, 4.69) is 25.5 Å². The molecule has 2 heterocycles. The summed E-state index contributed by atoms with van der Waals surface area (Å²) in [5.74, 6) is -1.67. The average Bonchev–Trinajstić information content (AvgIpc) is 3.36. The maximum atomic E-state index is 13.2. The van der Waals surface area contributed by atoms with Crippen LogP contribution in [-0.4, -0.2) is 52.1 Å². The Morgan fingerprint density at radius 2 is 1.64 bits per heavy atom. The molecule has 3 N–H and O–H groups in total. The fourth-order valence-electron chi connectivity index (χ4n) is 4.15. The number of imidazole rings is 1. The minimum atomic E-state index is -0.531. The molecule has 0 atom stereocenters. The normalized spacial score (nSPS) is 13.8. The molecular weight excluding hydrogens is 485 g/mol. The second-order valence-corrected chi connectivity index (χ2v) is 9.07. The maximum absolute atomic E-state index is 13.2. The molecule has 0 aliphatic carbocycles. The third-order valence-electron chi connectivity index (χ3n) is 6.03. The summed E-state index contributed by atoms with van der Waals surface area (Å²) >= 11 is 5.94. The van der Waals surface area contributed by atoms with Gasteiger partial charge >= 0.3 is 0 Å². The highest BCUT2D eigenvalue weighted by Crippen LogP contribution is 2.21. The SMILES string of the molecule is O=C(Nc1ccc(NC(=O)c2[nH]cnc2C(=O)CCCN2CCCCC2)cc1)c1ccc(F)cc1Cl. The van der Waals surface area contributed by atoms with E-state index in [0.29, 0.717) is 17.8 Å². The number of Topliss-reactive ketones (excluding diaryl/α,β-unsaturated/α-hetero) is 1. The minimum Gasteiger partial charge on any atom is -0.340 e. The number of nitrogens with one attached hydrogen (secondary N) is 3. The Hall–Kier alpha value is -3.56. The molecule has 0 bridgehead atoms. The number of halogens is 2. The lowest BCUT2D eigenvalue weighted by Crippen LogP contribution is -2.30. The van der Waals surface area contributed by atoms with Gasteiger partial charge in [0.25, 0.3) is 11.8 Å². The zero-order valence-electron chi connectivity index (χ0n) is 19.7. The summed E-state index contributed by atoms with van der Waals surface area (Å²) in [7, 11) is 0. The molecule has 0 spiro atoms. The molecule has 1 fully saturated rings. The molecule has 188 valence electrons. The zero-order chi connectivity index (χ0) is 25.5. The summed E-state index contributed by atoms with van der Waals surface area (Å²) in [6, 6.07) is 9.95. The Kier molecular flexibility index (Phi) is 8.45. The number of nitrogens with zero attached hydrogens (tertiary/aromatic N) is 2. The van der Waals surface area contributed by atoms with Gasteiger partial charge in [-0.25, -0.2) is 9.37 Å². The average molecular weight is 512 g/mol. The highest BCUT2D eigenvalue weighted by atomic mass is 35.5. The van der Waals surface area contributed by atoms with E-state index in [1.165, 1.54) is 31.7 Å². The third kappa shape index (κ3) is 6.56. The Morgan fingerprint density at radius 3 is 2.31 bits per heavy atom. The number of carbonyl (C=O) groups is 3. The van der Waals surface area contributed by atoms with E-state index in [4.69, 9.17) is 11.6 Å². The lowest BCUT2D eigenvalue weighted by Gasteiger charge is -2.26. The predicted molar refractivity (Wildman–Crippen MR) is 136 cm³/mol. The van der Waals surface area contributed by atoms with E-state index in [9.17, 15) is 18.8 Å². The molecule has 36 heavy (non-hydrogen) atoms. The van der Waals surface area contributed by atoms with E-state index in [1.54, 1.807) is 24.3 Å². The van der Waals surface area contributed by atoms with E-state index in [1.807, 2.05) is 0 Å². The van der Waals surface area contributed by atoms with Gasteiger partial charge in [-0.15, -0.1) is 0 Å². The molecule has 2 aromatic carbocycles. The molecular formula is C26H27ClFN5O3. The lowest BCUT2D eigenvalue weighted by molar-refractivity contribution is 0.0952. The largest absolute Gasteiger partial charge is 0.340 e. The Morgan fingerprint density at radius 1 is 0.972 bits per heavy atom. The molecule has 2 amide bonds. The van der Waals surface area contributed by atoms with Gasteiger partial charge < -0.3 is 20.5 Å². The van der Waals surface area contributed by atoms with Gasteiger partial charge in [0, 0.05) is 17.8 Å². The predicted octanol–water partition coefficient (Wildman–Crippen LogP) is 5.16. The van der Waals surface area contributed by atoms with Crippen LogP contribution in [0.4, 0.5) is 15.8 Å². The first-order valence-corrected chi connectivity index (χ1v) is 12.3. The molecule has 0 saturated carbocycles. The maximum Gasteiger partial charge on any atom is 0.274 e. The number of ketones is 1. The van der Waals surface area contributed by atoms with Crippen molar-refractivity contribution >= 4 is 40.6 Å². The summed E-state index contributed by atoms with van der Waals surface area (Å²) in [5, 5.41) is 5.41. The number of piperidine rings is 1. The van der Waals surface area contributed by atoms with Crippen molar-refractivity contribution in [2.24, 2.45) is 0 Å². The van der Waals surface area contributed by atoms with Crippen LogP contribution in [0.3, 0.4) is 0 Å². The Labute approximate surface area is 213 Å². The van der Waals surface area contributed by atoms with Crippen LogP contribution < -0.4 is 10.6 Å². The van der Waals surface area contributed by atoms with Crippen molar-refractivity contribution in [2.45, 2.75) is 32.1 Å². The molecule has 10 heteroatoms. The number of aromatic amines is 1. The molecule has 1 aliphatic heterocycles. The second-order valence-electron chi connectivity index (χ2n) is 8.66. The highest BCUT2D eigenvalue weighted by molar-refractivity contribution is 6.34. The van der Waals surface area contributed by atoms with Crippen LogP contribution in [0.15, 0.2) is 48.8 Å². The van der Waals surface area contributed by atoms with Crippen molar-refractivity contribution < 1.29 is 18.8 Å². The van der Waals surface area contributed by atoms with Gasteiger partial charge in [0.15, 0.2) is 5.78 Å². The monoisotopic (exact) mass is 511 g/mol. The molecule has 1 saturated heterocycles. The lowest BCUT2D eigenvalue weighted by atomic mass is 10.1. The summed E-state index contributed by atoms with van der Waals surface area (Å²) in [5.41, 5.74) is 1.32. The number of likely N-dealkylation sites (tertiary alicyclic amines) is 1. The van der Waals surface area contributed by atoms with Gasteiger partial charge in [-0.1, -0.05) is 18.0 Å². The van der Waals surface area contributed by atoms with Gasteiger partial charge in [0.1, 0.15) is 17.2 Å². The smallest absolute Gasteiger partial charge is 0.274 e. The fourth-order valence-corrected chi connectivity index (χ4v) is 4.40. The number of hydrogen-bond acceptors (Lipinski definition) is 5. The van der Waals surface area contributed by atoms with Crippen LogP contribution in [0.1, 0.15) is 63.4 Å². The third-order valence-corrected chi connectivity index (χ3v) is 6.35. The van der Waals surface area contributed by atoms with Gasteiger partial charge in [0.05, 0.1) is 16.9 Å². The first-order chi connectivity index (χ1) is 17.4. The van der Waals surface area contributed by atoms with E-state index < -0.39 is 17.6 Å². The second kappa shape index (κ2) is 11.9. The van der Waals surface area contributed by atoms with Crippen molar-refractivity contribution in [1.29, 1.82) is 0 Å². The van der Waals surface area contributed by atoms with Crippen LogP contribution >= 0.6 is 11.6 Å². The van der Waals surface area contributed by atoms with Crippen LogP contribution in [0, 0.1) is 5.82 Å². The molecule has 4 rings (SSSR count). The van der Waals surface area contributed by atoms with Crippen molar-refractivity contribution in [1.82, 2.24) is 14.9 Å². The minimum absolute atomic E-state index is 0.00721.